The zero-order valence-corrected chi connectivity index (χ0v) is 20.7. The van der Waals surface area contributed by atoms with Crippen molar-refractivity contribution < 1.29 is 14.0 Å². The van der Waals surface area contributed by atoms with Gasteiger partial charge >= 0.3 is 6.03 Å². The molecule has 0 radical (unpaired) electrons. The Balaban J connectivity index is 1.47. The molecule has 184 valence electrons. The topological polar surface area (TPSA) is 70.7 Å². The first-order valence-electron chi connectivity index (χ1n) is 12.3. The van der Waals surface area contributed by atoms with Crippen LogP contribution in [-0.4, -0.2) is 34.0 Å². The highest BCUT2D eigenvalue weighted by atomic mass is 16.3. The molecule has 2 aromatic carbocycles. The maximum atomic E-state index is 14.0. The zero-order chi connectivity index (χ0) is 25.2. The van der Waals surface area contributed by atoms with Crippen LogP contribution in [0.1, 0.15) is 43.8 Å². The number of carbonyl (C=O) groups is 2. The number of rotatable bonds is 6. The number of urea groups is 1. The second-order valence-corrected chi connectivity index (χ2v) is 9.18. The molecule has 1 aliphatic rings. The van der Waals surface area contributed by atoms with E-state index >= 15 is 0 Å². The highest BCUT2D eigenvalue weighted by Crippen LogP contribution is 2.42. The lowest BCUT2D eigenvalue weighted by atomic mass is 10.0. The molecule has 4 aromatic rings. The predicted molar refractivity (Wildman–Crippen MR) is 140 cm³/mol. The highest BCUT2D eigenvalue weighted by Gasteiger charge is 2.38. The van der Waals surface area contributed by atoms with Gasteiger partial charge < -0.3 is 19.2 Å². The number of anilines is 2. The maximum Gasteiger partial charge on any atom is 0.322 e. The van der Waals surface area contributed by atoms with Crippen molar-refractivity contribution in [3.05, 3.63) is 102 Å². The Hall–Kier alpha value is -4.26. The molecule has 2 aromatic heterocycles. The molecule has 3 heterocycles. The van der Waals surface area contributed by atoms with Crippen LogP contribution in [0.4, 0.5) is 16.2 Å². The largest absolute Gasteiger partial charge is 0.467 e. The van der Waals surface area contributed by atoms with Gasteiger partial charge in [-0.15, -0.1) is 0 Å². The second-order valence-electron chi connectivity index (χ2n) is 9.18. The molecule has 7 heteroatoms. The van der Waals surface area contributed by atoms with Gasteiger partial charge in [0.15, 0.2) is 0 Å². The lowest BCUT2D eigenvalue weighted by Crippen LogP contribution is -2.49. The van der Waals surface area contributed by atoms with Crippen molar-refractivity contribution in [2.45, 2.75) is 39.3 Å². The van der Waals surface area contributed by atoms with Crippen LogP contribution in [0.15, 0.2) is 89.7 Å². The first-order valence-corrected chi connectivity index (χ1v) is 12.3. The number of benzene rings is 2. The number of hydrogen-bond acceptors (Lipinski definition) is 3. The van der Waals surface area contributed by atoms with E-state index < -0.39 is 6.04 Å². The number of fused-ring (bicyclic) bond motifs is 3. The maximum absolute atomic E-state index is 14.0. The molecule has 0 aliphatic carbocycles. The first kappa shape index (κ1) is 23.5. The van der Waals surface area contributed by atoms with Gasteiger partial charge in [-0.1, -0.05) is 31.2 Å². The molecule has 0 bridgehead atoms. The van der Waals surface area contributed by atoms with E-state index in [1.807, 2.05) is 92.8 Å². The number of aromatic nitrogens is 1. The number of nitrogens with one attached hydrogen (secondary N) is 1. The average Bonchev–Trinajstić information content (AvgIpc) is 3.59. The van der Waals surface area contributed by atoms with Gasteiger partial charge in [-0.2, -0.15) is 0 Å². The summed E-state index contributed by atoms with van der Waals surface area (Å²) < 4.78 is 7.88. The van der Waals surface area contributed by atoms with Crippen molar-refractivity contribution in [2.75, 3.05) is 16.8 Å². The number of para-hydroxylation sites is 2. The van der Waals surface area contributed by atoms with Crippen LogP contribution in [-0.2, 0) is 11.2 Å². The SMILES string of the molecule is CCc1cccc(NC(=O)N(CC(=O)N2c3ccccc3-n3cccc3C2c2ccco2)C(C)C)c1. The average molecular weight is 483 g/mol. The molecule has 1 atom stereocenters. The Morgan fingerprint density at radius 3 is 2.53 bits per heavy atom. The third kappa shape index (κ3) is 4.28. The Morgan fingerprint density at radius 1 is 1.00 bits per heavy atom. The lowest BCUT2D eigenvalue weighted by Gasteiger charge is -2.38. The van der Waals surface area contributed by atoms with Crippen molar-refractivity contribution in [2.24, 2.45) is 0 Å². The molecule has 1 unspecified atom stereocenters. The summed E-state index contributed by atoms with van der Waals surface area (Å²) in [5.74, 6) is 0.470. The minimum atomic E-state index is -0.448. The summed E-state index contributed by atoms with van der Waals surface area (Å²) in [6.07, 6.45) is 4.48. The van der Waals surface area contributed by atoms with Crippen molar-refractivity contribution in [1.82, 2.24) is 9.47 Å². The van der Waals surface area contributed by atoms with E-state index in [9.17, 15) is 9.59 Å². The van der Waals surface area contributed by atoms with Gasteiger partial charge in [0.25, 0.3) is 0 Å². The molecule has 1 aliphatic heterocycles. The summed E-state index contributed by atoms with van der Waals surface area (Å²) in [5.41, 5.74) is 4.45. The van der Waals surface area contributed by atoms with E-state index in [1.54, 1.807) is 16.1 Å². The van der Waals surface area contributed by atoms with E-state index in [-0.39, 0.29) is 24.5 Å². The van der Waals surface area contributed by atoms with Gasteiger partial charge in [-0.25, -0.2) is 4.79 Å². The number of hydrogen-bond donors (Lipinski definition) is 1. The Bertz CT molecular complexity index is 1370. The minimum absolute atomic E-state index is 0.0801. The van der Waals surface area contributed by atoms with Gasteiger partial charge in [0.1, 0.15) is 18.3 Å². The van der Waals surface area contributed by atoms with Gasteiger partial charge in [-0.3, -0.25) is 9.69 Å². The molecule has 3 amide bonds. The van der Waals surface area contributed by atoms with E-state index in [0.29, 0.717) is 11.4 Å². The predicted octanol–water partition coefficient (Wildman–Crippen LogP) is 6.01. The lowest BCUT2D eigenvalue weighted by molar-refractivity contribution is -0.120. The second kappa shape index (κ2) is 9.77. The zero-order valence-electron chi connectivity index (χ0n) is 20.7. The van der Waals surface area contributed by atoms with Crippen molar-refractivity contribution in [1.29, 1.82) is 0 Å². The molecule has 0 spiro atoms. The summed E-state index contributed by atoms with van der Waals surface area (Å²) in [6.45, 7) is 5.81. The third-order valence-corrected chi connectivity index (χ3v) is 6.58. The highest BCUT2D eigenvalue weighted by molar-refractivity contribution is 6.01. The first-order chi connectivity index (χ1) is 17.5. The summed E-state index contributed by atoms with van der Waals surface area (Å²) in [7, 11) is 0. The molecule has 1 N–H and O–H groups in total. The molecule has 0 fully saturated rings. The molecule has 36 heavy (non-hydrogen) atoms. The molecular formula is C29H30N4O3. The number of amides is 3. The number of furan rings is 1. The molecule has 0 saturated heterocycles. The number of carbonyl (C=O) groups excluding carboxylic acids is 2. The van der Waals surface area contributed by atoms with Crippen molar-refractivity contribution in [3.63, 3.8) is 0 Å². The molecular weight excluding hydrogens is 452 g/mol. The van der Waals surface area contributed by atoms with E-state index in [1.165, 1.54) is 0 Å². The molecule has 5 rings (SSSR count). The fourth-order valence-corrected chi connectivity index (χ4v) is 4.75. The quantitative estimate of drug-likeness (QED) is 0.366. The Kier molecular flexibility index (Phi) is 6.38. The van der Waals surface area contributed by atoms with Crippen molar-refractivity contribution >= 4 is 23.3 Å². The fourth-order valence-electron chi connectivity index (χ4n) is 4.75. The van der Waals surface area contributed by atoms with Crippen molar-refractivity contribution in [3.8, 4) is 5.69 Å². The summed E-state index contributed by atoms with van der Waals surface area (Å²) >= 11 is 0. The Labute approximate surface area is 210 Å². The standard InChI is InChI=1S/C29H30N4O3/c1-4-21-10-7-11-22(18-21)30-29(35)32(20(2)3)19-27(34)33-24-13-6-5-12-23(24)31-16-8-14-25(31)28(33)26-15-9-17-36-26/h5-18,20,28H,4,19H2,1-3H3,(H,30,35). The summed E-state index contributed by atoms with van der Waals surface area (Å²) in [5, 5.41) is 2.97. The van der Waals surface area contributed by atoms with E-state index in [0.717, 1.165) is 29.1 Å². The molecule has 0 saturated carbocycles. The summed E-state index contributed by atoms with van der Waals surface area (Å²) in [4.78, 5) is 30.6. The Morgan fingerprint density at radius 2 is 1.81 bits per heavy atom. The fraction of sp³-hybridized carbons (Fsp3) is 0.241. The number of aryl methyl sites for hydroxylation is 1. The van der Waals surface area contributed by atoms with E-state index in [2.05, 4.69) is 16.8 Å². The number of nitrogens with zero attached hydrogens (tertiary/aromatic N) is 3. The van der Waals surface area contributed by atoms with Gasteiger partial charge in [0.2, 0.25) is 5.91 Å². The van der Waals surface area contributed by atoms with Crippen LogP contribution in [0.25, 0.3) is 5.69 Å². The monoisotopic (exact) mass is 482 g/mol. The van der Waals surface area contributed by atoms with Crippen LogP contribution >= 0.6 is 0 Å². The van der Waals surface area contributed by atoms with Crippen LogP contribution in [0.5, 0.6) is 0 Å². The van der Waals surface area contributed by atoms with Crippen LogP contribution in [0, 0.1) is 0 Å². The molecule has 7 nitrogen and oxygen atoms in total. The smallest absolute Gasteiger partial charge is 0.322 e. The van der Waals surface area contributed by atoms with Crippen LogP contribution < -0.4 is 10.2 Å². The van der Waals surface area contributed by atoms with Crippen LogP contribution in [0.3, 0.4) is 0 Å². The third-order valence-electron chi connectivity index (χ3n) is 6.58. The summed E-state index contributed by atoms with van der Waals surface area (Å²) in [6, 6.07) is 22.3. The van der Waals surface area contributed by atoms with Gasteiger partial charge in [0.05, 0.1) is 23.3 Å². The van der Waals surface area contributed by atoms with Gasteiger partial charge in [-0.05, 0) is 74.4 Å². The van der Waals surface area contributed by atoms with Gasteiger partial charge in [0, 0.05) is 17.9 Å². The minimum Gasteiger partial charge on any atom is -0.467 e. The van der Waals surface area contributed by atoms with Crippen LogP contribution in [0.2, 0.25) is 0 Å². The normalized spacial score (nSPS) is 14.3. The van der Waals surface area contributed by atoms with E-state index in [4.69, 9.17) is 4.42 Å².